The Morgan fingerprint density at radius 2 is 1.02 bits per heavy atom. The van der Waals surface area contributed by atoms with Crippen molar-refractivity contribution in [3.05, 3.63) is 188 Å². The first-order chi connectivity index (χ1) is 28.7. The van der Waals surface area contributed by atoms with Crippen LogP contribution in [0.15, 0.2) is 192 Å². The monoisotopic (exact) mass is 757 g/mol. The molecule has 4 nitrogen and oxygen atoms in total. The highest BCUT2D eigenvalue weighted by atomic mass is 32.1. The van der Waals surface area contributed by atoms with Crippen molar-refractivity contribution in [2.24, 2.45) is 0 Å². The molecule has 0 bridgehead atoms. The predicted molar refractivity (Wildman–Crippen MR) is 242 cm³/mol. The minimum absolute atomic E-state index is 0.719. The molecule has 0 aliphatic carbocycles. The van der Waals surface area contributed by atoms with Crippen LogP contribution < -0.4 is 0 Å². The Balaban J connectivity index is 1.02. The highest BCUT2D eigenvalue weighted by Gasteiger charge is 2.19. The van der Waals surface area contributed by atoms with Crippen molar-refractivity contribution >= 4 is 75.1 Å². The Labute approximate surface area is 337 Å². The van der Waals surface area contributed by atoms with Gasteiger partial charge >= 0.3 is 0 Å². The highest BCUT2D eigenvalue weighted by Crippen LogP contribution is 2.43. The molecule has 0 radical (unpaired) electrons. The molecule has 8 aromatic carbocycles. The molecule has 0 aliphatic heterocycles. The minimum atomic E-state index is 0.719. The highest BCUT2D eigenvalue weighted by molar-refractivity contribution is 7.25. The van der Waals surface area contributed by atoms with Crippen molar-refractivity contribution < 1.29 is 4.42 Å². The van der Waals surface area contributed by atoms with Crippen molar-refractivity contribution in [2.45, 2.75) is 0 Å². The first-order valence-corrected chi connectivity index (χ1v) is 20.2. The maximum Gasteiger partial charge on any atom is 0.161 e. The fourth-order valence-corrected chi connectivity index (χ4v) is 9.70. The predicted octanol–water partition coefficient (Wildman–Crippen LogP) is 14.8. The molecule has 4 heterocycles. The molecule has 4 aromatic heterocycles. The summed E-state index contributed by atoms with van der Waals surface area (Å²) < 4.78 is 8.90. The van der Waals surface area contributed by atoms with Gasteiger partial charge in [0.2, 0.25) is 0 Å². The number of rotatable bonds is 5. The van der Waals surface area contributed by atoms with Gasteiger partial charge < -0.3 is 4.42 Å². The normalized spacial score (nSPS) is 11.8. The van der Waals surface area contributed by atoms with E-state index < -0.39 is 0 Å². The molecule has 58 heavy (non-hydrogen) atoms. The molecule has 0 unspecified atom stereocenters. The summed E-state index contributed by atoms with van der Waals surface area (Å²) in [6.45, 7) is 0. The third-order valence-electron chi connectivity index (χ3n) is 11.3. The van der Waals surface area contributed by atoms with Crippen LogP contribution in [0.25, 0.3) is 120 Å². The van der Waals surface area contributed by atoms with Gasteiger partial charge in [-0.3, -0.25) is 0 Å². The van der Waals surface area contributed by atoms with Crippen LogP contribution in [-0.2, 0) is 0 Å². The standard InChI is InChI=1S/C53H31N3OS/c1-3-12-33(13-4-1)43-31-44(56-53(55-43)40-18-11-21-48-49(40)38-17-8-10-20-47(38)58-48)34-24-22-32(23-25-34)36-26-28-42-41(30-36)50-39(52(54-42)35-14-5-2-6-15-35)27-29-46-51(50)37-16-7-9-19-45(37)57-46/h1-31H. The summed E-state index contributed by atoms with van der Waals surface area (Å²) in [6, 6.07) is 66.0. The second kappa shape index (κ2) is 13.1. The molecule has 270 valence electrons. The van der Waals surface area contributed by atoms with Gasteiger partial charge in [0.25, 0.3) is 0 Å². The van der Waals surface area contributed by atoms with E-state index in [2.05, 4.69) is 164 Å². The van der Waals surface area contributed by atoms with E-state index in [1.54, 1.807) is 0 Å². The largest absolute Gasteiger partial charge is 0.456 e. The second-order valence-corrected chi connectivity index (χ2v) is 15.8. The fourth-order valence-electron chi connectivity index (χ4n) is 8.57. The summed E-state index contributed by atoms with van der Waals surface area (Å²) in [7, 11) is 0. The van der Waals surface area contributed by atoms with Crippen LogP contribution in [0.4, 0.5) is 0 Å². The van der Waals surface area contributed by atoms with Gasteiger partial charge in [0.05, 0.1) is 22.6 Å². The Morgan fingerprint density at radius 1 is 0.362 bits per heavy atom. The first kappa shape index (κ1) is 32.7. The fraction of sp³-hybridized carbons (Fsp3) is 0. The molecule has 0 amide bonds. The van der Waals surface area contributed by atoms with Crippen LogP contribution in [-0.4, -0.2) is 15.0 Å². The van der Waals surface area contributed by atoms with E-state index in [1.807, 2.05) is 35.6 Å². The van der Waals surface area contributed by atoms with Gasteiger partial charge in [-0.2, -0.15) is 0 Å². The van der Waals surface area contributed by atoms with Crippen molar-refractivity contribution in [3.63, 3.8) is 0 Å². The SMILES string of the molecule is c1ccc(-c2cc(-c3ccc(-c4ccc5nc(-c6ccccc6)c6ccc7oc8ccccc8c7c6c5c4)cc3)nc(-c3cccc4sc5ccccc5c34)n2)cc1. The maximum absolute atomic E-state index is 6.40. The lowest BCUT2D eigenvalue weighted by atomic mass is 9.94. The molecule has 12 aromatic rings. The van der Waals surface area contributed by atoms with Gasteiger partial charge in [-0.1, -0.05) is 140 Å². The van der Waals surface area contributed by atoms with Crippen LogP contribution in [0.2, 0.25) is 0 Å². The molecule has 0 spiro atoms. The van der Waals surface area contributed by atoms with Crippen molar-refractivity contribution in [1.82, 2.24) is 15.0 Å². The Kier molecular flexibility index (Phi) is 7.37. The number of aromatic nitrogens is 3. The number of fused-ring (bicyclic) bond motifs is 10. The number of hydrogen-bond acceptors (Lipinski definition) is 5. The molecular weight excluding hydrogens is 727 g/mol. The quantitative estimate of drug-likeness (QED) is 0.164. The molecule has 0 aliphatic rings. The molecule has 12 rings (SSSR count). The summed E-state index contributed by atoms with van der Waals surface area (Å²) in [5.74, 6) is 0.719. The first-order valence-electron chi connectivity index (χ1n) is 19.4. The van der Waals surface area contributed by atoms with E-state index in [4.69, 9.17) is 19.4 Å². The van der Waals surface area contributed by atoms with Crippen LogP contribution in [0.1, 0.15) is 0 Å². The zero-order valence-corrected chi connectivity index (χ0v) is 31.9. The second-order valence-electron chi connectivity index (χ2n) is 14.7. The lowest BCUT2D eigenvalue weighted by molar-refractivity contribution is 0.669. The average Bonchev–Trinajstić information content (AvgIpc) is 3.88. The molecular formula is C53H31N3OS. The molecule has 0 atom stereocenters. The van der Waals surface area contributed by atoms with Crippen LogP contribution in [0, 0.1) is 0 Å². The summed E-state index contributed by atoms with van der Waals surface area (Å²) in [6.07, 6.45) is 0. The lowest BCUT2D eigenvalue weighted by Crippen LogP contribution is -1.96. The van der Waals surface area contributed by atoms with Gasteiger partial charge in [-0.05, 0) is 59.7 Å². The molecule has 0 saturated carbocycles. The van der Waals surface area contributed by atoms with Crippen LogP contribution in [0.5, 0.6) is 0 Å². The molecule has 5 heteroatoms. The molecule has 0 N–H and O–H groups in total. The summed E-state index contributed by atoms with van der Waals surface area (Å²) >= 11 is 1.81. The topological polar surface area (TPSA) is 51.8 Å². The summed E-state index contributed by atoms with van der Waals surface area (Å²) in [5, 5.41) is 8.00. The van der Waals surface area contributed by atoms with Gasteiger partial charge in [-0.15, -0.1) is 11.3 Å². The van der Waals surface area contributed by atoms with Gasteiger partial charge in [-0.25, -0.2) is 15.0 Å². The lowest BCUT2D eigenvalue weighted by Gasteiger charge is -2.13. The van der Waals surface area contributed by atoms with Crippen LogP contribution in [0.3, 0.4) is 0 Å². The number of benzene rings is 8. The summed E-state index contributed by atoms with van der Waals surface area (Å²) in [4.78, 5) is 15.8. The number of thiophene rings is 1. The van der Waals surface area contributed by atoms with E-state index in [1.165, 1.54) is 20.2 Å². The maximum atomic E-state index is 6.40. The van der Waals surface area contributed by atoms with E-state index in [9.17, 15) is 0 Å². The number of nitrogens with zero attached hydrogens (tertiary/aromatic N) is 3. The van der Waals surface area contributed by atoms with Gasteiger partial charge in [0.15, 0.2) is 5.82 Å². The Bertz CT molecular complexity index is 3550. The average molecular weight is 758 g/mol. The summed E-state index contributed by atoms with van der Waals surface area (Å²) in [5.41, 5.74) is 11.9. The number of para-hydroxylation sites is 1. The molecule has 0 saturated heterocycles. The number of furan rings is 1. The van der Waals surface area contributed by atoms with E-state index in [0.717, 1.165) is 99.9 Å². The third kappa shape index (κ3) is 5.25. The minimum Gasteiger partial charge on any atom is -0.456 e. The van der Waals surface area contributed by atoms with Crippen molar-refractivity contribution in [3.8, 4) is 56.3 Å². The zero-order chi connectivity index (χ0) is 38.2. The van der Waals surface area contributed by atoms with Gasteiger partial charge in [0, 0.05) is 69.4 Å². The van der Waals surface area contributed by atoms with Crippen molar-refractivity contribution in [1.29, 1.82) is 0 Å². The number of hydrogen-bond donors (Lipinski definition) is 0. The van der Waals surface area contributed by atoms with E-state index in [0.29, 0.717) is 0 Å². The number of pyridine rings is 1. The molecule has 0 fully saturated rings. The van der Waals surface area contributed by atoms with E-state index >= 15 is 0 Å². The Morgan fingerprint density at radius 3 is 1.83 bits per heavy atom. The zero-order valence-electron chi connectivity index (χ0n) is 31.1. The third-order valence-corrected chi connectivity index (χ3v) is 12.4. The Hall–Kier alpha value is -7.47. The van der Waals surface area contributed by atoms with Crippen molar-refractivity contribution in [2.75, 3.05) is 0 Å². The van der Waals surface area contributed by atoms with Crippen LogP contribution >= 0.6 is 11.3 Å². The smallest absolute Gasteiger partial charge is 0.161 e. The van der Waals surface area contributed by atoms with Gasteiger partial charge in [0.1, 0.15) is 11.2 Å². The van der Waals surface area contributed by atoms with E-state index in [-0.39, 0.29) is 0 Å².